The minimum Gasteiger partial charge on any atom is -0.368 e. The summed E-state index contributed by atoms with van der Waals surface area (Å²) in [6.45, 7) is 0. The van der Waals surface area contributed by atoms with Gasteiger partial charge in [-0.1, -0.05) is 0 Å². The van der Waals surface area contributed by atoms with E-state index in [1.807, 2.05) is 11.8 Å². The zero-order chi connectivity index (χ0) is 8.27. The summed E-state index contributed by atoms with van der Waals surface area (Å²) >= 11 is 1.92. The summed E-state index contributed by atoms with van der Waals surface area (Å²) in [6, 6.07) is -0.420. The molecule has 1 rings (SSSR count). The number of primary amides is 1. The van der Waals surface area contributed by atoms with Crippen LogP contribution in [0.3, 0.4) is 0 Å². The predicted octanol–water partition coefficient (Wildman–Crippen LogP) is -0.0578. The highest BCUT2D eigenvalue weighted by atomic mass is 32.2. The largest absolute Gasteiger partial charge is 0.368 e. The molecule has 0 aromatic carbocycles. The van der Waals surface area contributed by atoms with E-state index < -0.39 is 6.04 Å². The van der Waals surface area contributed by atoms with Gasteiger partial charge >= 0.3 is 0 Å². The van der Waals surface area contributed by atoms with E-state index in [1.165, 1.54) is 0 Å². The zero-order valence-electron chi connectivity index (χ0n) is 6.45. The second-order valence-electron chi connectivity index (χ2n) is 2.88. The van der Waals surface area contributed by atoms with E-state index in [0.717, 1.165) is 24.3 Å². The number of thioether (sulfide) groups is 1. The molecule has 0 aromatic rings. The van der Waals surface area contributed by atoms with Crippen molar-refractivity contribution < 1.29 is 4.79 Å². The van der Waals surface area contributed by atoms with Crippen molar-refractivity contribution >= 4 is 17.7 Å². The summed E-state index contributed by atoms with van der Waals surface area (Å²) in [5, 5.41) is 0. The maximum Gasteiger partial charge on any atom is 0.234 e. The van der Waals surface area contributed by atoms with E-state index in [4.69, 9.17) is 11.5 Å². The highest BCUT2D eigenvalue weighted by Gasteiger charge is 2.24. The first-order valence-electron chi connectivity index (χ1n) is 3.84. The molecule has 1 saturated heterocycles. The highest BCUT2D eigenvalue weighted by Crippen LogP contribution is 2.24. The summed E-state index contributed by atoms with van der Waals surface area (Å²) in [5.74, 6) is 2.20. The Morgan fingerprint density at radius 2 is 2.00 bits per heavy atom. The number of hydrogen-bond acceptors (Lipinski definition) is 3. The number of hydrogen-bond donors (Lipinski definition) is 2. The molecule has 0 aromatic heterocycles. The third kappa shape index (κ3) is 2.38. The van der Waals surface area contributed by atoms with Gasteiger partial charge in [-0.25, -0.2) is 0 Å². The molecule has 1 aliphatic heterocycles. The third-order valence-corrected chi connectivity index (χ3v) is 3.15. The maximum atomic E-state index is 10.7. The van der Waals surface area contributed by atoms with Crippen LogP contribution in [0, 0.1) is 5.92 Å². The molecule has 4 N–H and O–H groups in total. The van der Waals surface area contributed by atoms with Gasteiger partial charge in [0.2, 0.25) is 5.91 Å². The van der Waals surface area contributed by atoms with Crippen LogP contribution in [0.5, 0.6) is 0 Å². The minimum absolute atomic E-state index is 0.328. The molecule has 0 spiro atoms. The molecule has 0 aliphatic carbocycles. The fraction of sp³-hybridized carbons (Fsp3) is 0.857. The Hall–Kier alpha value is -0.220. The third-order valence-electron chi connectivity index (χ3n) is 2.10. The second kappa shape index (κ2) is 3.97. The van der Waals surface area contributed by atoms with Crippen molar-refractivity contribution in [3.05, 3.63) is 0 Å². The smallest absolute Gasteiger partial charge is 0.234 e. The van der Waals surface area contributed by atoms with Crippen LogP contribution in [0.2, 0.25) is 0 Å². The van der Waals surface area contributed by atoms with Crippen LogP contribution >= 0.6 is 11.8 Å². The zero-order valence-corrected chi connectivity index (χ0v) is 7.27. The number of rotatable bonds is 2. The topological polar surface area (TPSA) is 69.1 Å². The summed E-state index contributed by atoms with van der Waals surface area (Å²) in [4.78, 5) is 10.7. The second-order valence-corrected chi connectivity index (χ2v) is 4.10. The first kappa shape index (κ1) is 8.87. The summed E-state index contributed by atoms with van der Waals surface area (Å²) in [7, 11) is 0. The van der Waals surface area contributed by atoms with Crippen molar-refractivity contribution in [3.8, 4) is 0 Å². The van der Waals surface area contributed by atoms with Gasteiger partial charge in [-0.2, -0.15) is 11.8 Å². The van der Waals surface area contributed by atoms with Gasteiger partial charge in [-0.05, 0) is 30.3 Å². The lowest BCUT2D eigenvalue weighted by Gasteiger charge is -2.24. The Kier molecular flexibility index (Phi) is 3.20. The van der Waals surface area contributed by atoms with Crippen molar-refractivity contribution in [1.82, 2.24) is 0 Å². The van der Waals surface area contributed by atoms with Crippen LogP contribution in [0.15, 0.2) is 0 Å². The molecule has 1 atom stereocenters. The van der Waals surface area contributed by atoms with Gasteiger partial charge in [0.1, 0.15) is 0 Å². The molecule has 1 amide bonds. The van der Waals surface area contributed by atoms with Crippen LogP contribution in [0.1, 0.15) is 12.8 Å². The van der Waals surface area contributed by atoms with E-state index >= 15 is 0 Å². The Morgan fingerprint density at radius 1 is 1.45 bits per heavy atom. The first-order chi connectivity index (χ1) is 5.22. The highest BCUT2D eigenvalue weighted by molar-refractivity contribution is 7.99. The van der Waals surface area contributed by atoms with Crippen LogP contribution in [0.25, 0.3) is 0 Å². The summed E-state index contributed by atoms with van der Waals surface area (Å²) in [5.41, 5.74) is 10.7. The van der Waals surface area contributed by atoms with Crippen molar-refractivity contribution in [2.75, 3.05) is 11.5 Å². The first-order valence-corrected chi connectivity index (χ1v) is 5.00. The maximum absolute atomic E-state index is 10.7. The van der Waals surface area contributed by atoms with Crippen LogP contribution in [-0.4, -0.2) is 23.5 Å². The average molecular weight is 174 g/mol. The van der Waals surface area contributed by atoms with Gasteiger partial charge in [0.25, 0.3) is 0 Å². The average Bonchev–Trinajstić information content (AvgIpc) is 2.05. The molecule has 0 radical (unpaired) electrons. The van der Waals surface area contributed by atoms with Gasteiger partial charge in [0, 0.05) is 0 Å². The number of nitrogens with two attached hydrogens (primary N) is 2. The minimum atomic E-state index is -0.420. The predicted molar refractivity (Wildman–Crippen MR) is 47.2 cm³/mol. The molecular formula is C7H14N2OS. The Bertz CT molecular complexity index is 145. The van der Waals surface area contributed by atoms with Gasteiger partial charge in [0.15, 0.2) is 0 Å². The number of amides is 1. The van der Waals surface area contributed by atoms with Crippen LogP contribution < -0.4 is 11.5 Å². The number of carbonyl (C=O) groups is 1. The lowest BCUT2D eigenvalue weighted by atomic mass is 9.94. The molecule has 1 heterocycles. The Morgan fingerprint density at radius 3 is 2.45 bits per heavy atom. The van der Waals surface area contributed by atoms with Crippen molar-refractivity contribution in [2.45, 2.75) is 18.9 Å². The van der Waals surface area contributed by atoms with E-state index in [-0.39, 0.29) is 5.91 Å². The standard InChI is InChI=1S/C7H14N2OS/c8-6(7(9)10)5-1-3-11-4-2-5/h5-6H,1-4,8H2,(H2,9,10). The van der Waals surface area contributed by atoms with Crippen molar-refractivity contribution in [3.63, 3.8) is 0 Å². The Labute approximate surface area is 70.9 Å². The van der Waals surface area contributed by atoms with Gasteiger partial charge < -0.3 is 11.5 Å². The van der Waals surface area contributed by atoms with Gasteiger partial charge in [-0.15, -0.1) is 0 Å². The van der Waals surface area contributed by atoms with E-state index in [0.29, 0.717) is 5.92 Å². The van der Waals surface area contributed by atoms with Crippen molar-refractivity contribution in [1.29, 1.82) is 0 Å². The van der Waals surface area contributed by atoms with E-state index in [9.17, 15) is 4.79 Å². The molecule has 1 unspecified atom stereocenters. The van der Waals surface area contributed by atoms with E-state index in [2.05, 4.69) is 0 Å². The van der Waals surface area contributed by atoms with Crippen molar-refractivity contribution in [2.24, 2.45) is 17.4 Å². The molecule has 0 bridgehead atoms. The quantitative estimate of drug-likeness (QED) is 0.616. The molecule has 11 heavy (non-hydrogen) atoms. The SMILES string of the molecule is NC(=O)C(N)C1CCSCC1. The summed E-state index contributed by atoms with van der Waals surface area (Å²) < 4.78 is 0. The van der Waals surface area contributed by atoms with E-state index in [1.54, 1.807) is 0 Å². The lowest BCUT2D eigenvalue weighted by molar-refractivity contribution is -0.120. The van der Waals surface area contributed by atoms with Crippen LogP contribution in [0.4, 0.5) is 0 Å². The molecule has 0 saturated carbocycles. The summed E-state index contributed by atoms with van der Waals surface area (Å²) in [6.07, 6.45) is 2.07. The van der Waals surface area contributed by atoms with Gasteiger partial charge in [0.05, 0.1) is 6.04 Å². The molecule has 64 valence electrons. The number of carbonyl (C=O) groups excluding carboxylic acids is 1. The monoisotopic (exact) mass is 174 g/mol. The molecule has 1 aliphatic rings. The molecule has 3 nitrogen and oxygen atoms in total. The Balaban J connectivity index is 2.38. The fourth-order valence-corrected chi connectivity index (χ4v) is 2.45. The molecular weight excluding hydrogens is 160 g/mol. The normalized spacial score (nSPS) is 23.0. The molecule has 4 heteroatoms. The molecule has 1 fully saturated rings. The van der Waals surface area contributed by atoms with Gasteiger partial charge in [-0.3, -0.25) is 4.79 Å². The lowest BCUT2D eigenvalue weighted by Crippen LogP contribution is -2.43. The van der Waals surface area contributed by atoms with Crippen LogP contribution in [-0.2, 0) is 4.79 Å². The fourth-order valence-electron chi connectivity index (χ4n) is 1.31.